The number of anilines is 1. The summed E-state index contributed by atoms with van der Waals surface area (Å²) in [6.07, 6.45) is 1.19. The maximum absolute atomic E-state index is 15.7. The Morgan fingerprint density at radius 1 is 1.12 bits per heavy atom. The number of hydrogen-bond donors (Lipinski definition) is 2. The lowest BCUT2D eigenvalue weighted by Gasteiger charge is -2.40. The number of primary sulfonamides is 1. The number of fused-ring (bicyclic) bond motifs is 1. The minimum absolute atomic E-state index is 0.00116. The van der Waals surface area contributed by atoms with Crippen LogP contribution in [0.4, 0.5) is 14.6 Å². The molecule has 11 nitrogen and oxygen atoms in total. The Hall–Kier alpha value is -4.69. The van der Waals surface area contributed by atoms with Crippen LogP contribution in [0.2, 0.25) is 0 Å². The predicted octanol–water partition coefficient (Wildman–Crippen LogP) is 2.30. The van der Waals surface area contributed by atoms with Crippen LogP contribution in [0, 0.1) is 11.6 Å². The first-order valence-corrected chi connectivity index (χ1v) is 13.9. The molecule has 1 amide bonds. The molecule has 0 saturated carbocycles. The first-order valence-electron chi connectivity index (χ1n) is 12.3. The smallest absolute Gasteiger partial charge is 0.355 e. The molecule has 1 atom stereocenters. The van der Waals surface area contributed by atoms with Crippen molar-refractivity contribution in [1.82, 2.24) is 19.4 Å². The number of amides is 1. The van der Waals surface area contributed by atoms with Crippen molar-refractivity contribution in [3.05, 3.63) is 83.3 Å². The van der Waals surface area contributed by atoms with Crippen molar-refractivity contribution in [2.45, 2.75) is 17.9 Å². The SMILES string of the molecule is C=CC(=O)N1CCN(c2nc(=O)n(-c3ccccc3S(N)(=O)=O)c3nc(-c4c(O)cccc4F)c(F)cc23)[C@@H](C)C1. The van der Waals surface area contributed by atoms with Crippen molar-refractivity contribution in [2.75, 3.05) is 24.5 Å². The number of nitrogens with two attached hydrogens (primary N) is 1. The van der Waals surface area contributed by atoms with E-state index in [1.807, 2.05) is 0 Å². The lowest BCUT2D eigenvalue weighted by Crippen LogP contribution is -2.54. The van der Waals surface area contributed by atoms with Crippen LogP contribution in [0.5, 0.6) is 5.75 Å². The van der Waals surface area contributed by atoms with Crippen molar-refractivity contribution in [3.8, 4) is 22.7 Å². The third-order valence-corrected chi connectivity index (χ3v) is 7.79. The molecular weight excluding hydrogens is 558 g/mol. The molecule has 5 rings (SSSR count). The summed E-state index contributed by atoms with van der Waals surface area (Å²) in [5, 5.41) is 15.8. The van der Waals surface area contributed by atoms with E-state index in [1.165, 1.54) is 36.4 Å². The van der Waals surface area contributed by atoms with Gasteiger partial charge in [0.1, 0.15) is 28.0 Å². The van der Waals surface area contributed by atoms with E-state index in [-0.39, 0.29) is 54.1 Å². The molecule has 1 aliphatic rings. The van der Waals surface area contributed by atoms with Crippen molar-refractivity contribution in [2.24, 2.45) is 5.14 Å². The van der Waals surface area contributed by atoms with Crippen molar-refractivity contribution in [3.63, 3.8) is 0 Å². The molecule has 4 aromatic rings. The van der Waals surface area contributed by atoms with E-state index in [2.05, 4.69) is 16.5 Å². The van der Waals surface area contributed by atoms with Crippen LogP contribution < -0.4 is 15.7 Å². The summed E-state index contributed by atoms with van der Waals surface area (Å²) in [6, 6.07) is 9.34. The van der Waals surface area contributed by atoms with E-state index in [1.54, 1.807) is 16.7 Å². The fourth-order valence-electron chi connectivity index (χ4n) is 4.95. The van der Waals surface area contributed by atoms with Gasteiger partial charge in [0.05, 0.1) is 16.6 Å². The first kappa shape index (κ1) is 27.9. The number of hydrogen-bond acceptors (Lipinski definition) is 8. The number of sulfonamides is 1. The lowest BCUT2D eigenvalue weighted by atomic mass is 10.1. The number of phenolic OH excluding ortho intramolecular Hbond substituents is 1. The van der Waals surface area contributed by atoms with Crippen LogP contribution in [0.1, 0.15) is 6.92 Å². The molecule has 212 valence electrons. The maximum Gasteiger partial charge on any atom is 0.355 e. The van der Waals surface area contributed by atoms with Gasteiger partial charge in [-0.05, 0) is 43.3 Å². The molecule has 3 heterocycles. The highest BCUT2D eigenvalue weighted by Crippen LogP contribution is 2.36. The molecule has 1 aliphatic heterocycles. The fourth-order valence-corrected chi connectivity index (χ4v) is 5.67. The number of aromatic nitrogens is 3. The van der Waals surface area contributed by atoms with E-state index >= 15 is 4.39 Å². The van der Waals surface area contributed by atoms with Crippen LogP contribution in [0.15, 0.2) is 70.9 Å². The number of pyridine rings is 1. The highest BCUT2D eigenvalue weighted by atomic mass is 32.2. The van der Waals surface area contributed by atoms with Crippen LogP contribution in [-0.4, -0.2) is 64.5 Å². The van der Waals surface area contributed by atoms with E-state index in [4.69, 9.17) is 5.14 Å². The Labute approximate surface area is 232 Å². The maximum atomic E-state index is 15.7. The van der Waals surface area contributed by atoms with Gasteiger partial charge in [-0.3, -0.25) is 4.79 Å². The Morgan fingerprint density at radius 3 is 2.51 bits per heavy atom. The molecule has 0 aliphatic carbocycles. The zero-order chi connectivity index (χ0) is 29.6. The molecule has 14 heteroatoms. The number of carbonyl (C=O) groups excluding carboxylic acids is 1. The molecule has 1 fully saturated rings. The molecule has 2 aromatic heterocycles. The number of piperazine rings is 1. The van der Waals surface area contributed by atoms with Gasteiger partial charge in [-0.25, -0.2) is 36.7 Å². The van der Waals surface area contributed by atoms with Gasteiger partial charge in [0.15, 0.2) is 11.5 Å². The van der Waals surface area contributed by atoms with Crippen molar-refractivity contribution >= 4 is 32.8 Å². The van der Waals surface area contributed by atoms with Gasteiger partial charge in [0.25, 0.3) is 0 Å². The molecule has 3 N–H and O–H groups in total. The minimum Gasteiger partial charge on any atom is -0.507 e. The zero-order valence-electron chi connectivity index (χ0n) is 21.7. The highest BCUT2D eigenvalue weighted by molar-refractivity contribution is 7.89. The lowest BCUT2D eigenvalue weighted by molar-refractivity contribution is -0.126. The van der Waals surface area contributed by atoms with Crippen LogP contribution in [0.25, 0.3) is 28.0 Å². The van der Waals surface area contributed by atoms with E-state index in [0.717, 1.165) is 22.8 Å². The van der Waals surface area contributed by atoms with Crippen molar-refractivity contribution in [1.29, 1.82) is 0 Å². The van der Waals surface area contributed by atoms with Gasteiger partial charge in [-0.15, -0.1) is 0 Å². The number of rotatable bonds is 5. The van der Waals surface area contributed by atoms with E-state index in [9.17, 15) is 27.5 Å². The number of carbonyl (C=O) groups is 1. The molecule has 1 saturated heterocycles. The van der Waals surface area contributed by atoms with E-state index < -0.39 is 49.2 Å². The average molecular weight is 583 g/mol. The molecule has 2 aromatic carbocycles. The predicted molar refractivity (Wildman–Crippen MR) is 147 cm³/mol. The third-order valence-electron chi connectivity index (χ3n) is 6.83. The Morgan fingerprint density at radius 2 is 1.85 bits per heavy atom. The number of phenols is 1. The summed E-state index contributed by atoms with van der Waals surface area (Å²) in [5.74, 6) is -2.84. The van der Waals surface area contributed by atoms with Gasteiger partial charge >= 0.3 is 5.69 Å². The molecule has 0 radical (unpaired) electrons. The number of para-hydroxylation sites is 1. The largest absolute Gasteiger partial charge is 0.507 e. The second-order valence-corrected chi connectivity index (χ2v) is 11.0. The summed E-state index contributed by atoms with van der Waals surface area (Å²) < 4.78 is 56.1. The zero-order valence-corrected chi connectivity index (χ0v) is 22.5. The first-order chi connectivity index (χ1) is 19.4. The average Bonchev–Trinajstić information content (AvgIpc) is 2.92. The summed E-state index contributed by atoms with van der Waals surface area (Å²) in [6.45, 7) is 6.02. The van der Waals surface area contributed by atoms with Crippen molar-refractivity contribution < 1.29 is 27.1 Å². The number of nitrogens with zero attached hydrogens (tertiary/aromatic N) is 5. The molecule has 0 unspecified atom stereocenters. The monoisotopic (exact) mass is 582 g/mol. The fraction of sp³-hybridized carbons (Fsp3) is 0.185. The Bertz CT molecular complexity index is 1880. The van der Waals surface area contributed by atoms with Crippen LogP contribution >= 0.6 is 0 Å². The quantitative estimate of drug-likeness (QED) is 0.340. The van der Waals surface area contributed by atoms with Crippen LogP contribution in [-0.2, 0) is 14.8 Å². The van der Waals surface area contributed by atoms with E-state index in [0.29, 0.717) is 0 Å². The standard InChI is InChI=1S/C27H24F2N6O5S/c1-3-22(37)33-11-12-34(15(2)14-33)25-16-13-18(29)24(23-17(28)7-6-9-20(23)36)31-26(16)35(27(38)32-25)19-8-4-5-10-21(19)41(30,39)40/h3-10,13,15,36H,1,11-12,14H2,2H3,(H2,30,39,40)/t15-/m0/s1. The summed E-state index contributed by atoms with van der Waals surface area (Å²) in [7, 11) is -4.35. The second kappa shape index (κ2) is 10.4. The number of aromatic hydroxyl groups is 1. The Balaban J connectivity index is 1.83. The Kier molecular flexibility index (Phi) is 7.05. The van der Waals surface area contributed by atoms with Crippen LogP contribution in [0.3, 0.4) is 0 Å². The van der Waals surface area contributed by atoms with Gasteiger partial charge in [-0.1, -0.05) is 24.8 Å². The summed E-state index contributed by atoms with van der Waals surface area (Å²) >= 11 is 0. The number of benzene rings is 2. The highest BCUT2D eigenvalue weighted by Gasteiger charge is 2.31. The van der Waals surface area contributed by atoms with Gasteiger partial charge < -0.3 is 14.9 Å². The normalized spacial score (nSPS) is 15.8. The molecule has 0 bridgehead atoms. The molecule has 0 spiro atoms. The van der Waals surface area contributed by atoms with Gasteiger partial charge in [0.2, 0.25) is 15.9 Å². The second-order valence-electron chi connectivity index (χ2n) is 9.42. The third kappa shape index (κ3) is 4.91. The summed E-state index contributed by atoms with van der Waals surface area (Å²) in [4.78, 5) is 37.1. The van der Waals surface area contributed by atoms with Gasteiger partial charge in [0, 0.05) is 25.7 Å². The van der Waals surface area contributed by atoms with Gasteiger partial charge in [-0.2, -0.15) is 4.98 Å². The molecular formula is C27H24F2N6O5S. The number of halogens is 2. The molecule has 41 heavy (non-hydrogen) atoms. The summed E-state index contributed by atoms with van der Waals surface area (Å²) in [5.41, 5.74) is -2.59. The minimum atomic E-state index is -4.35. The topological polar surface area (TPSA) is 152 Å².